The maximum Gasteiger partial charge on any atom is 0.255 e. The lowest BCUT2D eigenvalue weighted by Gasteiger charge is -2.33. The van der Waals surface area contributed by atoms with Crippen LogP contribution in [0, 0.1) is 0 Å². The van der Waals surface area contributed by atoms with Crippen molar-refractivity contribution in [2.75, 3.05) is 36.4 Å². The third-order valence-corrected chi connectivity index (χ3v) is 7.04. The number of piperidine rings is 1. The number of anilines is 2. The van der Waals surface area contributed by atoms with Gasteiger partial charge in [-0.1, -0.05) is 19.9 Å². The molecule has 1 aromatic carbocycles. The number of carbonyl (C=O) groups is 3. The monoisotopic (exact) mass is 545 g/mol. The topological polar surface area (TPSA) is 133 Å². The van der Waals surface area contributed by atoms with E-state index in [0.717, 1.165) is 50.2 Å². The molecule has 2 aromatic rings. The molecule has 10 nitrogen and oxygen atoms in total. The highest BCUT2D eigenvalue weighted by molar-refractivity contribution is 6.07. The molecule has 0 saturated carbocycles. The SMILES string of the molecule is CCCN(CCC)C(=O)C1=Cc2ccc(C(=O)Nc3ccc(N4CCC(NC(C)=O)CC4)nc3)cc2N=C(N)C1. The van der Waals surface area contributed by atoms with E-state index in [-0.39, 0.29) is 30.2 Å². The van der Waals surface area contributed by atoms with Crippen LogP contribution in [0.3, 0.4) is 0 Å². The lowest BCUT2D eigenvalue weighted by atomic mass is 10.0. The van der Waals surface area contributed by atoms with Crippen molar-refractivity contribution in [1.29, 1.82) is 0 Å². The van der Waals surface area contributed by atoms with Crippen molar-refractivity contribution in [2.45, 2.75) is 58.9 Å². The summed E-state index contributed by atoms with van der Waals surface area (Å²) in [7, 11) is 0. The zero-order valence-corrected chi connectivity index (χ0v) is 23.6. The minimum Gasteiger partial charge on any atom is -0.387 e. The van der Waals surface area contributed by atoms with Gasteiger partial charge in [0.2, 0.25) is 11.8 Å². The number of amidine groups is 1. The molecule has 0 atom stereocenters. The molecule has 1 saturated heterocycles. The summed E-state index contributed by atoms with van der Waals surface area (Å²) in [6.45, 7) is 8.65. The third kappa shape index (κ3) is 7.25. The van der Waals surface area contributed by atoms with E-state index in [1.165, 1.54) is 0 Å². The van der Waals surface area contributed by atoms with Crippen molar-refractivity contribution in [3.63, 3.8) is 0 Å². The largest absolute Gasteiger partial charge is 0.387 e. The normalized spacial score (nSPS) is 15.3. The molecule has 1 fully saturated rings. The van der Waals surface area contributed by atoms with Crippen LogP contribution in [-0.2, 0) is 9.59 Å². The number of carbonyl (C=O) groups excluding carboxylic acids is 3. The number of aromatic nitrogens is 1. The van der Waals surface area contributed by atoms with Crippen molar-refractivity contribution in [3.05, 3.63) is 53.2 Å². The summed E-state index contributed by atoms with van der Waals surface area (Å²) in [5, 5.41) is 5.87. The summed E-state index contributed by atoms with van der Waals surface area (Å²) in [4.78, 5) is 50.6. The number of nitrogens with zero attached hydrogens (tertiary/aromatic N) is 4. The Bertz CT molecular complexity index is 1290. The van der Waals surface area contributed by atoms with Gasteiger partial charge in [-0.05, 0) is 56.0 Å². The molecular formula is C30H39N7O3. The van der Waals surface area contributed by atoms with Crippen LogP contribution in [0.25, 0.3) is 6.08 Å². The van der Waals surface area contributed by atoms with Gasteiger partial charge < -0.3 is 26.2 Å². The standard InChI is InChI=1S/C30H39N7O3/c1-4-12-37(13-5-2)30(40)23-16-21-6-7-22(17-26(21)35-27(31)18-23)29(39)34-25-8-9-28(32-19-25)36-14-10-24(11-15-36)33-20(3)38/h6-9,16-17,19,24H,4-5,10-15,18H2,1-3H3,(H2,31,35)(H,33,38)(H,34,39). The third-order valence-electron chi connectivity index (χ3n) is 7.04. The molecule has 1 aromatic heterocycles. The number of aliphatic imine (C=N–C) groups is 1. The van der Waals surface area contributed by atoms with Crippen molar-refractivity contribution >= 4 is 46.8 Å². The van der Waals surface area contributed by atoms with E-state index in [9.17, 15) is 14.4 Å². The highest BCUT2D eigenvalue weighted by atomic mass is 16.2. The van der Waals surface area contributed by atoms with E-state index in [2.05, 4.69) is 39.4 Å². The Morgan fingerprint density at radius 1 is 1.07 bits per heavy atom. The molecule has 2 aliphatic rings. The maximum absolute atomic E-state index is 13.2. The first kappa shape index (κ1) is 28.8. The van der Waals surface area contributed by atoms with Gasteiger partial charge in [-0.15, -0.1) is 0 Å². The van der Waals surface area contributed by atoms with Crippen LogP contribution in [0.1, 0.15) is 68.8 Å². The molecule has 212 valence electrons. The second-order valence-electron chi connectivity index (χ2n) is 10.3. The van der Waals surface area contributed by atoms with E-state index in [1.54, 1.807) is 31.3 Å². The van der Waals surface area contributed by atoms with Gasteiger partial charge in [0, 0.05) is 62.3 Å². The van der Waals surface area contributed by atoms with Crippen LogP contribution in [-0.4, -0.2) is 65.7 Å². The lowest BCUT2D eigenvalue weighted by Crippen LogP contribution is -2.44. The average Bonchev–Trinajstić information content (AvgIpc) is 3.10. The molecule has 3 amide bonds. The number of pyridine rings is 1. The number of amides is 3. The Kier molecular flexibility index (Phi) is 9.52. The minimum atomic E-state index is -0.288. The molecule has 2 aliphatic heterocycles. The summed E-state index contributed by atoms with van der Waals surface area (Å²) in [6, 6.07) is 9.14. The maximum atomic E-state index is 13.2. The minimum absolute atomic E-state index is 0.00102. The fourth-order valence-electron chi connectivity index (χ4n) is 5.12. The van der Waals surface area contributed by atoms with Crippen LogP contribution < -0.4 is 21.3 Å². The molecule has 40 heavy (non-hydrogen) atoms. The van der Waals surface area contributed by atoms with Crippen molar-refractivity contribution in [2.24, 2.45) is 10.7 Å². The van der Waals surface area contributed by atoms with Gasteiger partial charge in [0.1, 0.15) is 11.7 Å². The van der Waals surface area contributed by atoms with Gasteiger partial charge >= 0.3 is 0 Å². The summed E-state index contributed by atoms with van der Waals surface area (Å²) in [5.74, 6) is 0.861. The second-order valence-corrected chi connectivity index (χ2v) is 10.3. The van der Waals surface area contributed by atoms with Gasteiger partial charge in [-0.3, -0.25) is 14.4 Å². The molecular weight excluding hydrogens is 506 g/mol. The van der Waals surface area contributed by atoms with E-state index >= 15 is 0 Å². The summed E-state index contributed by atoms with van der Waals surface area (Å²) < 4.78 is 0. The Morgan fingerprint density at radius 3 is 2.42 bits per heavy atom. The van der Waals surface area contributed by atoms with Gasteiger partial charge in [0.05, 0.1) is 17.6 Å². The van der Waals surface area contributed by atoms with E-state index in [0.29, 0.717) is 41.4 Å². The zero-order chi connectivity index (χ0) is 28.6. The van der Waals surface area contributed by atoms with Gasteiger partial charge in [0.25, 0.3) is 5.91 Å². The van der Waals surface area contributed by atoms with Crippen LogP contribution in [0.15, 0.2) is 47.1 Å². The van der Waals surface area contributed by atoms with Crippen LogP contribution in [0.5, 0.6) is 0 Å². The molecule has 0 radical (unpaired) electrons. The predicted molar refractivity (Wildman–Crippen MR) is 159 cm³/mol. The first-order valence-corrected chi connectivity index (χ1v) is 14.0. The quantitative estimate of drug-likeness (QED) is 0.438. The summed E-state index contributed by atoms with van der Waals surface area (Å²) in [5.41, 5.74) is 9.11. The Hall–Kier alpha value is -4.21. The van der Waals surface area contributed by atoms with Crippen LogP contribution in [0.2, 0.25) is 0 Å². The first-order chi connectivity index (χ1) is 19.3. The van der Waals surface area contributed by atoms with Gasteiger partial charge in [-0.2, -0.15) is 0 Å². The molecule has 0 unspecified atom stereocenters. The van der Waals surface area contributed by atoms with Gasteiger partial charge in [0.15, 0.2) is 0 Å². The average molecular weight is 546 g/mol. The second kappa shape index (κ2) is 13.2. The number of fused-ring (bicyclic) bond motifs is 1. The van der Waals surface area contributed by atoms with Crippen molar-refractivity contribution in [1.82, 2.24) is 15.2 Å². The molecule has 4 N–H and O–H groups in total. The van der Waals surface area contributed by atoms with Gasteiger partial charge in [-0.25, -0.2) is 9.98 Å². The van der Waals surface area contributed by atoms with Crippen LogP contribution in [0.4, 0.5) is 17.2 Å². The van der Waals surface area contributed by atoms with E-state index < -0.39 is 0 Å². The fourth-order valence-corrected chi connectivity index (χ4v) is 5.12. The molecule has 10 heteroatoms. The predicted octanol–water partition coefficient (Wildman–Crippen LogP) is 3.86. The molecule has 3 heterocycles. The number of hydrogen-bond donors (Lipinski definition) is 3. The lowest BCUT2D eigenvalue weighted by molar-refractivity contribution is -0.127. The smallest absolute Gasteiger partial charge is 0.255 e. The Morgan fingerprint density at radius 2 is 1.80 bits per heavy atom. The number of benzene rings is 1. The Balaban J connectivity index is 1.43. The number of hydrogen-bond acceptors (Lipinski definition) is 7. The number of nitrogens with two attached hydrogens (primary N) is 1. The highest BCUT2D eigenvalue weighted by Crippen LogP contribution is 2.29. The zero-order valence-electron chi connectivity index (χ0n) is 23.6. The highest BCUT2D eigenvalue weighted by Gasteiger charge is 2.22. The first-order valence-electron chi connectivity index (χ1n) is 14.0. The van der Waals surface area contributed by atoms with Crippen molar-refractivity contribution in [3.8, 4) is 0 Å². The number of rotatable bonds is 9. The fraction of sp³-hybridized carbons (Fsp3) is 0.433. The molecule has 0 spiro atoms. The molecule has 0 bridgehead atoms. The Labute approximate surface area is 235 Å². The van der Waals surface area contributed by atoms with E-state index in [4.69, 9.17) is 5.73 Å². The van der Waals surface area contributed by atoms with Crippen molar-refractivity contribution < 1.29 is 14.4 Å². The summed E-state index contributed by atoms with van der Waals surface area (Å²) >= 11 is 0. The molecule has 4 rings (SSSR count). The number of nitrogens with one attached hydrogen (secondary N) is 2. The summed E-state index contributed by atoms with van der Waals surface area (Å²) in [6.07, 6.45) is 7.25. The molecule has 0 aliphatic carbocycles. The van der Waals surface area contributed by atoms with Crippen LogP contribution >= 0.6 is 0 Å². The van der Waals surface area contributed by atoms with E-state index in [1.807, 2.05) is 23.1 Å².